The minimum absolute atomic E-state index is 0.377. The Morgan fingerprint density at radius 2 is 1.95 bits per heavy atom. The van der Waals surface area contributed by atoms with Crippen molar-refractivity contribution in [1.29, 1.82) is 0 Å². The Kier molecular flexibility index (Phi) is 5.85. The molecule has 0 saturated carbocycles. The lowest BCUT2D eigenvalue weighted by atomic mass is 10.0. The fourth-order valence-corrected chi connectivity index (χ4v) is 3.17. The van der Waals surface area contributed by atoms with Gasteiger partial charge in [0.1, 0.15) is 0 Å². The number of benzene rings is 1. The lowest BCUT2D eigenvalue weighted by Crippen LogP contribution is -2.33. The number of aromatic nitrogens is 2. The fourth-order valence-electron chi connectivity index (χ4n) is 2.55. The maximum atomic E-state index is 5.95. The van der Waals surface area contributed by atoms with Gasteiger partial charge in [-0.15, -0.1) is 0 Å². The van der Waals surface area contributed by atoms with Crippen LogP contribution < -0.4 is 5.32 Å². The summed E-state index contributed by atoms with van der Waals surface area (Å²) in [6.07, 6.45) is 1.91. The van der Waals surface area contributed by atoms with Crippen molar-refractivity contribution in [2.75, 3.05) is 6.54 Å². The molecule has 2 aromatic rings. The molecule has 5 heteroatoms. The maximum absolute atomic E-state index is 5.95. The van der Waals surface area contributed by atoms with E-state index in [1.807, 2.05) is 30.8 Å². The number of halogens is 2. The van der Waals surface area contributed by atoms with Gasteiger partial charge in [0.05, 0.1) is 15.9 Å². The molecule has 0 aliphatic heterocycles. The molecule has 1 atom stereocenters. The van der Waals surface area contributed by atoms with Gasteiger partial charge >= 0.3 is 0 Å². The van der Waals surface area contributed by atoms with Gasteiger partial charge in [-0.3, -0.25) is 4.68 Å². The zero-order valence-electron chi connectivity index (χ0n) is 12.7. The Bertz CT molecular complexity index is 592. The van der Waals surface area contributed by atoms with E-state index >= 15 is 0 Å². The lowest BCUT2D eigenvalue weighted by molar-refractivity contribution is 0.504. The zero-order chi connectivity index (χ0) is 15.4. The molecule has 0 aliphatic rings. The van der Waals surface area contributed by atoms with E-state index < -0.39 is 0 Å². The van der Waals surface area contributed by atoms with Crippen LogP contribution >= 0.6 is 27.5 Å². The molecule has 1 heterocycles. The standard InChI is InChI=1S/C16H21BrClN3/c1-4-19-14(9-12-5-7-13(18)8-6-12)10-15-16(17)11(2)20-21(15)3/h5-8,14,19H,4,9-10H2,1-3H3. The van der Waals surface area contributed by atoms with Crippen molar-refractivity contribution < 1.29 is 0 Å². The highest BCUT2D eigenvalue weighted by molar-refractivity contribution is 9.10. The first-order chi connectivity index (χ1) is 10.0. The molecule has 0 amide bonds. The third kappa shape index (κ3) is 4.31. The van der Waals surface area contributed by atoms with E-state index in [1.54, 1.807) is 0 Å². The first-order valence-corrected chi connectivity index (χ1v) is 8.34. The highest BCUT2D eigenvalue weighted by atomic mass is 79.9. The number of hydrogen-bond acceptors (Lipinski definition) is 2. The largest absolute Gasteiger partial charge is 0.314 e. The summed E-state index contributed by atoms with van der Waals surface area (Å²) in [7, 11) is 2.00. The summed E-state index contributed by atoms with van der Waals surface area (Å²) in [6, 6.07) is 8.46. The molecule has 1 unspecified atom stereocenters. The van der Waals surface area contributed by atoms with Gasteiger partial charge in [-0.25, -0.2) is 0 Å². The molecule has 0 fully saturated rings. The lowest BCUT2D eigenvalue weighted by Gasteiger charge is -2.18. The topological polar surface area (TPSA) is 29.9 Å². The molecular weight excluding hydrogens is 350 g/mol. The van der Waals surface area contributed by atoms with Crippen molar-refractivity contribution >= 4 is 27.5 Å². The van der Waals surface area contributed by atoms with Gasteiger partial charge in [0, 0.05) is 24.5 Å². The Morgan fingerprint density at radius 3 is 2.48 bits per heavy atom. The van der Waals surface area contributed by atoms with E-state index in [-0.39, 0.29) is 0 Å². The van der Waals surface area contributed by atoms with Crippen LogP contribution in [0.15, 0.2) is 28.7 Å². The highest BCUT2D eigenvalue weighted by Crippen LogP contribution is 2.22. The van der Waals surface area contributed by atoms with Gasteiger partial charge in [-0.1, -0.05) is 30.7 Å². The fraction of sp³-hybridized carbons (Fsp3) is 0.438. The Balaban J connectivity index is 2.13. The molecule has 0 radical (unpaired) electrons. The number of nitrogens with zero attached hydrogens (tertiary/aromatic N) is 2. The van der Waals surface area contributed by atoms with Crippen molar-refractivity contribution in [2.24, 2.45) is 7.05 Å². The molecule has 0 aliphatic carbocycles. The van der Waals surface area contributed by atoms with Crippen molar-refractivity contribution in [3.8, 4) is 0 Å². The molecule has 1 N–H and O–H groups in total. The summed E-state index contributed by atoms with van der Waals surface area (Å²) in [5, 5.41) is 8.81. The molecule has 2 rings (SSSR count). The van der Waals surface area contributed by atoms with Gasteiger partial charge < -0.3 is 5.32 Å². The molecule has 1 aromatic carbocycles. The second-order valence-electron chi connectivity index (χ2n) is 5.26. The quantitative estimate of drug-likeness (QED) is 0.835. The molecule has 0 spiro atoms. The van der Waals surface area contributed by atoms with E-state index in [0.717, 1.165) is 34.6 Å². The predicted molar refractivity (Wildman–Crippen MR) is 92.0 cm³/mol. The average molecular weight is 371 g/mol. The molecule has 0 saturated heterocycles. The molecular formula is C16H21BrClN3. The summed E-state index contributed by atoms with van der Waals surface area (Å²) >= 11 is 9.60. The van der Waals surface area contributed by atoms with Crippen LogP contribution in [0.2, 0.25) is 5.02 Å². The first-order valence-electron chi connectivity index (χ1n) is 7.17. The molecule has 0 bridgehead atoms. The summed E-state index contributed by atoms with van der Waals surface area (Å²) < 4.78 is 3.08. The Hall–Kier alpha value is -0.840. The van der Waals surface area contributed by atoms with Crippen molar-refractivity contribution in [3.05, 3.63) is 50.7 Å². The van der Waals surface area contributed by atoms with E-state index in [4.69, 9.17) is 11.6 Å². The van der Waals surface area contributed by atoms with Gasteiger partial charge in [-0.05, 0) is 53.5 Å². The summed E-state index contributed by atoms with van der Waals surface area (Å²) in [6.45, 7) is 5.11. The smallest absolute Gasteiger partial charge is 0.0738 e. The molecule has 114 valence electrons. The van der Waals surface area contributed by atoms with E-state index in [0.29, 0.717) is 6.04 Å². The predicted octanol–water partition coefficient (Wildman–Crippen LogP) is 3.91. The number of aryl methyl sites for hydroxylation is 2. The summed E-state index contributed by atoms with van der Waals surface area (Å²) in [5.41, 5.74) is 3.56. The number of hydrogen-bond donors (Lipinski definition) is 1. The highest BCUT2D eigenvalue weighted by Gasteiger charge is 2.16. The van der Waals surface area contributed by atoms with Crippen molar-refractivity contribution in [3.63, 3.8) is 0 Å². The van der Waals surface area contributed by atoms with Crippen molar-refractivity contribution in [1.82, 2.24) is 15.1 Å². The summed E-state index contributed by atoms with van der Waals surface area (Å²) in [5.74, 6) is 0. The second-order valence-corrected chi connectivity index (χ2v) is 6.49. The molecule has 3 nitrogen and oxygen atoms in total. The van der Waals surface area contributed by atoms with E-state index in [9.17, 15) is 0 Å². The van der Waals surface area contributed by atoms with Gasteiger partial charge in [0.2, 0.25) is 0 Å². The van der Waals surface area contributed by atoms with E-state index in [1.165, 1.54) is 11.3 Å². The van der Waals surface area contributed by atoms with Crippen molar-refractivity contribution in [2.45, 2.75) is 32.7 Å². The number of rotatable bonds is 6. The van der Waals surface area contributed by atoms with E-state index in [2.05, 4.69) is 45.4 Å². The third-order valence-electron chi connectivity index (χ3n) is 3.59. The Morgan fingerprint density at radius 1 is 1.29 bits per heavy atom. The van der Waals surface area contributed by atoms with Crippen LogP contribution in [-0.4, -0.2) is 22.4 Å². The monoisotopic (exact) mass is 369 g/mol. The van der Waals surface area contributed by atoms with Gasteiger partial charge in [0.15, 0.2) is 0 Å². The average Bonchev–Trinajstić information content (AvgIpc) is 2.68. The van der Waals surface area contributed by atoms with Crippen LogP contribution in [0.5, 0.6) is 0 Å². The Labute approximate surface area is 139 Å². The van der Waals surface area contributed by atoms with Crippen LogP contribution in [0.25, 0.3) is 0 Å². The minimum atomic E-state index is 0.377. The van der Waals surface area contributed by atoms with Crippen LogP contribution in [0.4, 0.5) is 0 Å². The zero-order valence-corrected chi connectivity index (χ0v) is 15.0. The second kappa shape index (κ2) is 7.43. The maximum Gasteiger partial charge on any atom is 0.0738 e. The van der Waals surface area contributed by atoms with Gasteiger partial charge in [0.25, 0.3) is 0 Å². The first kappa shape index (κ1) is 16.5. The minimum Gasteiger partial charge on any atom is -0.314 e. The normalized spacial score (nSPS) is 12.6. The number of nitrogens with one attached hydrogen (secondary N) is 1. The van der Waals surface area contributed by atoms with Crippen LogP contribution in [0, 0.1) is 6.92 Å². The molecule has 21 heavy (non-hydrogen) atoms. The summed E-state index contributed by atoms with van der Waals surface area (Å²) in [4.78, 5) is 0. The van der Waals surface area contributed by atoms with Gasteiger partial charge in [-0.2, -0.15) is 5.10 Å². The third-order valence-corrected chi connectivity index (χ3v) is 4.87. The number of likely N-dealkylation sites (N-methyl/N-ethyl adjacent to an activating group) is 1. The van der Waals surface area contributed by atoms with Crippen LogP contribution in [0.3, 0.4) is 0 Å². The van der Waals surface area contributed by atoms with Crippen LogP contribution in [0.1, 0.15) is 23.9 Å². The SMILES string of the molecule is CCNC(Cc1ccc(Cl)cc1)Cc1c(Br)c(C)nn1C. The molecule has 1 aromatic heterocycles. The van der Waals surface area contributed by atoms with Crippen LogP contribution in [-0.2, 0) is 19.9 Å².